The van der Waals surface area contributed by atoms with Crippen molar-refractivity contribution in [2.75, 3.05) is 7.11 Å². The van der Waals surface area contributed by atoms with E-state index < -0.39 is 5.97 Å². The molecule has 22 heavy (non-hydrogen) atoms. The molecule has 1 aromatic heterocycles. The lowest BCUT2D eigenvalue weighted by molar-refractivity contribution is 0.0237. The van der Waals surface area contributed by atoms with Gasteiger partial charge in [-0.3, -0.25) is 0 Å². The molecule has 3 aromatic rings. The van der Waals surface area contributed by atoms with Crippen molar-refractivity contribution < 1.29 is 14.4 Å². The number of nitrogens with one attached hydrogen (secondary N) is 1. The van der Waals surface area contributed by atoms with Crippen molar-refractivity contribution in [3.63, 3.8) is 0 Å². The number of hydroxylamine groups is 1. The first kappa shape index (κ1) is 14.5. The molecule has 0 aliphatic carbocycles. The third kappa shape index (κ3) is 3.08. The summed E-state index contributed by atoms with van der Waals surface area (Å²) < 4.78 is 6.12. The van der Waals surface area contributed by atoms with Crippen LogP contribution in [0.3, 0.4) is 0 Å². The summed E-state index contributed by atoms with van der Waals surface area (Å²) in [6.07, 6.45) is 0. The number of carbonyl (C=O) groups excluding carboxylic acids is 1. The first-order valence-corrected chi connectivity index (χ1v) is 7.51. The Balaban J connectivity index is 1.67. The van der Waals surface area contributed by atoms with Gasteiger partial charge in [0.2, 0.25) is 5.01 Å². The van der Waals surface area contributed by atoms with Gasteiger partial charge in [-0.1, -0.05) is 36.4 Å². The zero-order chi connectivity index (χ0) is 15.4. The summed E-state index contributed by atoms with van der Waals surface area (Å²) in [5.74, 6) is 0.143. The number of benzene rings is 2. The highest BCUT2D eigenvalue weighted by Gasteiger charge is 2.16. The second kappa shape index (κ2) is 6.55. The van der Waals surface area contributed by atoms with Gasteiger partial charge in [0.1, 0.15) is 11.3 Å². The largest absolute Gasteiger partial charge is 0.494 e. The van der Waals surface area contributed by atoms with E-state index in [1.807, 2.05) is 48.5 Å². The number of rotatable bonds is 5. The van der Waals surface area contributed by atoms with Gasteiger partial charge in [-0.2, -0.15) is 0 Å². The van der Waals surface area contributed by atoms with Gasteiger partial charge in [0.25, 0.3) is 0 Å². The Morgan fingerprint density at radius 1 is 1.18 bits per heavy atom. The van der Waals surface area contributed by atoms with E-state index in [1.165, 1.54) is 11.3 Å². The number of para-hydroxylation sites is 1. The number of thiazole rings is 1. The minimum absolute atomic E-state index is 0.292. The van der Waals surface area contributed by atoms with Gasteiger partial charge in [-0.05, 0) is 17.7 Å². The molecular formula is C16H14N2O3S. The second-order valence-electron chi connectivity index (χ2n) is 4.52. The Kier molecular flexibility index (Phi) is 4.32. The minimum atomic E-state index is -0.501. The first-order chi connectivity index (χ1) is 10.8. The molecule has 112 valence electrons. The summed E-state index contributed by atoms with van der Waals surface area (Å²) in [7, 11) is 1.58. The van der Waals surface area contributed by atoms with E-state index in [0.29, 0.717) is 22.8 Å². The van der Waals surface area contributed by atoms with Crippen molar-refractivity contribution in [3.05, 3.63) is 59.1 Å². The van der Waals surface area contributed by atoms with Gasteiger partial charge in [-0.15, -0.1) is 16.8 Å². The summed E-state index contributed by atoms with van der Waals surface area (Å²) in [6.45, 7) is 0.445. The van der Waals surface area contributed by atoms with E-state index in [2.05, 4.69) is 10.5 Å². The zero-order valence-electron chi connectivity index (χ0n) is 11.9. The Morgan fingerprint density at radius 3 is 2.77 bits per heavy atom. The number of methoxy groups -OCH3 is 1. The molecule has 0 aliphatic rings. The summed E-state index contributed by atoms with van der Waals surface area (Å²) in [5, 5.41) is 0.292. The van der Waals surface area contributed by atoms with Crippen LogP contribution in [0, 0.1) is 0 Å². The van der Waals surface area contributed by atoms with E-state index in [0.717, 1.165) is 10.3 Å². The monoisotopic (exact) mass is 314 g/mol. The molecule has 0 amide bonds. The highest BCUT2D eigenvalue weighted by molar-refractivity contribution is 7.20. The topological polar surface area (TPSA) is 60.5 Å². The van der Waals surface area contributed by atoms with E-state index in [9.17, 15) is 4.79 Å². The van der Waals surface area contributed by atoms with E-state index in [4.69, 9.17) is 9.57 Å². The van der Waals surface area contributed by atoms with Crippen molar-refractivity contribution in [2.45, 2.75) is 6.54 Å². The lowest BCUT2D eigenvalue weighted by atomic mass is 10.2. The number of hydrogen-bond acceptors (Lipinski definition) is 6. The van der Waals surface area contributed by atoms with Gasteiger partial charge in [0.15, 0.2) is 0 Å². The lowest BCUT2D eigenvalue weighted by Gasteiger charge is -2.03. The fourth-order valence-electron chi connectivity index (χ4n) is 2.00. The quantitative estimate of drug-likeness (QED) is 0.733. The van der Waals surface area contributed by atoms with E-state index in [-0.39, 0.29) is 0 Å². The smallest absolute Gasteiger partial charge is 0.386 e. The van der Waals surface area contributed by atoms with Crippen LogP contribution in [-0.2, 0) is 11.4 Å². The Labute approximate surface area is 131 Å². The molecule has 0 saturated heterocycles. The molecule has 0 bridgehead atoms. The third-order valence-electron chi connectivity index (χ3n) is 3.06. The van der Waals surface area contributed by atoms with E-state index in [1.54, 1.807) is 7.11 Å². The number of aromatic nitrogens is 1. The number of ether oxygens (including phenoxy) is 1. The Bertz CT molecular complexity index is 786. The number of nitrogens with zero attached hydrogens (tertiary/aromatic N) is 1. The molecule has 6 heteroatoms. The summed E-state index contributed by atoms with van der Waals surface area (Å²) in [6, 6.07) is 15.3. The van der Waals surface area contributed by atoms with Crippen molar-refractivity contribution in [2.24, 2.45) is 0 Å². The molecule has 2 aromatic carbocycles. The van der Waals surface area contributed by atoms with Crippen LogP contribution in [0.15, 0.2) is 48.5 Å². The van der Waals surface area contributed by atoms with E-state index >= 15 is 0 Å². The van der Waals surface area contributed by atoms with Crippen molar-refractivity contribution in [1.29, 1.82) is 0 Å². The highest BCUT2D eigenvalue weighted by Crippen LogP contribution is 2.29. The van der Waals surface area contributed by atoms with Crippen LogP contribution in [-0.4, -0.2) is 18.1 Å². The van der Waals surface area contributed by atoms with Gasteiger partial charge in [-0.25, -0.2) is 9.78 Å². The average molecular weight is 314 g/mol. The Morgan fingerprint density at radius 2 is 2.00 bits per heavy atom. The Hall–Kier alpha value is -2.44. The molecular weight excluding hydrogens is 300 g/mol. The molecule has 3 rings (SSSR count). The van der Waals surface area contributed by atoms with Crippen LogP contribution in [0.1, 0.15) is 15.4 Å². The van der Waals surface area contributed by atoms with Gasteiger partial charge in [0.05, 0.1) is 18.4 Å². The summed E-state index contributed by atoms with van der Waals surface area (Å²) in [5.41, 5.74) is 4.36. The maximum absolute atomic E-state index is 12.0. The molecule has 0 fully saturated rings. The third-order valence-corrected chi connectivity index (χ3v) is 4.06. The molecule has 1 heterocycles. The SMILES string of the molecule is COc1cccc2sc(C(=O)ONCc3ccccc3)nc12. The van der Waals surface area contributed by atoms with Crippen LogP contribution in [0.2, 0.25) is 0 Å². The van der Waals surface area contributed by atoms with Crippen LogP contribution in [0.5, 0.6) is 5.75 Å². The standard InChI is InChI=1S/C16H14N2O3S/c1-20-12-8-5-9-13-14(12)18-15(22-13)16(19)21-17-10-11-6-3-2-4-7-11/h2-9,17H,10H2,1H3. The molecule has 0 unspecified atom stereocenters. The molecule has 0 radical (unpaired) electrons. The normalized spacial score (nSPS) is 10.6. The average Bonchev–Trinajstić information content (AvgIpc) is 3.00. The highest BCUT2D eigenvalue weighted by atomic mass is 32.1. The molecule has 0 atom stereocenters. The second-order valence-corrected chi connectivity index (χ2v) is 5.55. The maximum atomic E-state index is 12.0. The summed E-state index contributed by atoms with van der Waals surface area (Å²) in [4.78, 5) is 21.4. The van der Waals surface area contributed by atoms with Crippen LogP contribution in [0.4, 0.5) is 0 Å². The maximum Gasteiger partial charge on any atom is 0.386 e. The number of fused-ring (bicyclic) bond motifs is 1. The summed E-state index contributed by atoms with van der Waals surface area (Å²) >= 11 is 1.28. The zero-order valence-corrected chi connectivity index (χ0v) is 12.7. The predicted octanol–water partition coefficient (Wildman–Crippen LogP) is 3.17. The van der Waals surface area contributed by atoms with Gasteiger partial charge >= 0.3 is 5.97 Å². The minimum Gasteiger partial charge on any atom is -0.494 e. The molecule has 1 N–H and O–H groups in total. The van der Waals surface area contributed by atoms with Crippen molar-refractivity contribution >= 4 is 27.5 Å². The lowest BCUT2D eigenvalue weighted by Crippen LogP contribution is -2.19. The molecule has 0 spiro atoms. The van der Waals surface area contributed by atoms with Gasteiger partial charge in [0, 0.05) is 0 Å². The fourth-order valence-corrected chi connectivity index (χ4v) is 2.86. The molecule has 5 nitrogen and oxygen atoms in total. The predicted molar refractivity (Wildman–Crippen MR) is 84.9 cm³/mol. The van der Waals surface area contributed by atoms with Crippen LogP contribution >= 0.6 is 11.3 Å². The van der Waals surface area contributed by atoms with Crippen LogP contribution < -0.4 is 10.2 Å². The fraction of sp³-hybridized carbons (Fsp3) is 0.125. The van der Waals surface area contributed by atoms with Crippen molar-refractivity contribution in [1.82, 2.24) is 10.5 Å². The number of hydrogen-bond donors (Lipinski definition) is 1. The number of carbonyl (C=O) groups is 1. The van der Waals surface area contributed by atoms with Gasteiger partial charge < -0.3 is 9.57 Å². The first-order valence-electron chi connectivity index (χ1n) is 6.69. The molecule has 0 saturated carbocycles. The van der Waals surface area contributed by atoms with Crippen molar-refractivity contribution in [3.8, 4) is 5.75 Å². The van der Waals surface area contributed by atoms with Crippen LogP contribution in [0.25, 0.3) is 10.2 Å². The molecule has 0 aliphatic heterocycles.